The van der Waals surface area contributed by atoms with Crippen molar-refractivity contribution < 1.29 is 17.9 Å². The number of hydrogen-bond donors (Lipinski definition) is 2. The van der Waals surface area contributed by atoms with Crippen molar-refractivity contribution in [2.45, 2.75) is 38.1 Å². The third-order valence-corrected chi connectivity index (χ3v) is 6.71. The van der Waals surface area contributed by atoms with Crippen LogP contribution < -0.4 is 14.8 Å². The average molecular weight is 453 g/mol. The number of rotatable bonds is 8. The van der Waals surface area contributed by atoms with Gasteiger partial charge in [-0.2, -0.15) is 0 Å². The lowest BCUT2D eigenvalue weighted by atomic mass is 10.0. The van der Waals surface area contributed by atoms with E-state index in [1.807, 2.05) is 32.0 Å². The topological polar surface area (TPSA) is 84.5 Å². The van der Waals surface area contributed by atoms with Gasteiger partial charge in [-0.3, -0.25) is 9.52 Å². The highest BCUT2D eigenvalue weighted by Crippen LogP contribution is 2.26. The van der Waals surface area contributed by atoms with Crippen LogP contribution in [0.15, 0.2) is 71.6 Å². The summed E-state index contributed by atoms with van der Waals surface area (Å²) in [5, 5.41) is 3.05. The maximum Gasteiger partial charge on any atom is 0.261 e. The van der Waals surface area contributed by atoms with Crippen molar-refractivity contribution in [3.8, 4) is 5.75 Å². The molecule has 0 saturated heterocycles. The zero-order chi connectivity index (χ0) is 23.3. The highest BCUT2D eigenvalue weighted by Gasteiger charge is 2.18. The maximum atomic E-state index is 13.0. The van der Waals surface area contributed by atoms with Gasteiger partial charge >= 0.3 is 0 Å². The fourth-order valence-corrected chi connectivity index (χ4v) is 4.60. The predicted molar refractivity (Wildman–Crippen MR) is 127 cm³/mol. The molecule has 0 unspecified atom stereocenters. The van der Waals surface area contributed by atoms with E-state index in [2.05, 4.69) is 10.0 Å². The number of hydrogen-bond acceptors (Lipinski definition) is 4. The van der Waals surface area contributed by atoms with Crippen molar-refractivity contribution in [2.24, 2.45) is 0 Å². The number of carbonyl (C=O) groups is 1. The molecule has 0 saturated carbocycles. The summed E-state index contributed by atoms with van der Waals surface area (Å²) in [6.07, 6.45) is 0.705. The summed E-state index contributed by atoms with van der Waals surface area (Å²) < 4.78 is 33.3. The molecule has 2 N–H and O–H groups in total. The van der Waals surface area contributed by atoms with E-state index < -0.39 is 10.0 Å². The number of methoxy groups -OCH3 is 1. The highest BCUT2D eigenvalue weighted by atomic mass is 32.2. The molecule has 32 heavy (non-hydrogen) atoms. The van der Waals surface area contributed by atoms with E-state index in [0.29, 0.717) is 17.7 Å². The molecule has 1 atom stereocenters. The minimum atomic E-state index is -3.75. The number of ether oxygens (including phenoxy) is 1. The molecule has 168 valence electrons. The molecule has 0 radical (unpaired) electrons. The number of aryl methyl sites for hydroxylation is 2. The van der Waals surface area contributed by atoms with E-state index >= 15 is 0 Å². The van der Waals surface area contributed by atoms with Gasteiger partial charge in [0.25, 0.3) is 15.9 Å². The molecule has 0 aliphatic carbocycles. The molecule has 3 aromatic rings. The van der Waals surface area contributed by atoms with Gasteiger partial charge in [0.05, 0.1) is 23.7 Å². The van der Waals surface area contributed by atoms with E-state index in [-0.39, 0.29) is 16.8 Å². The van der Waals surface area contributed by atoms with E-state index in [1.165, 1.54) is 12.1 Å². The Morgan fingerprint density at radius 1 is 0.969 bits per heavy atom. The summed E-state index contributed by atoms with van der Waals surface area (Å²) in [4.78, 5) is 13.1. The van der Waals surface area contributed by atoms with Crippen molar-refractivity contribution in [3.63, 3.8) is 0 Å². The molecule has 0 aliphatic rings. The van der Waals surface area contributed by atoms with Gasteiger partial charge < -0.3 is 10.1 Å². The van der Waals surface area contributed by atoms with Gasteiger partial charge in [-0.05, 0) is 67.3 Å². The zero-order valence-electron chi connectivity index (χ0n) is 18.7. The van der Waals surface area contributed by atoms with E-state index in [0.717, 1.165) is 22.4 Å². The van der Waals surface area contributed by atoms with Crippen LogP contribution in [0.5, 0.6) is 5.75 Å². The van der Waals surface area contributed by atoms with Crippen molar-refractivity contribution in [3.05, 3.63) is 89.0 Å². The van der Waals surface area contributed by atoms with Crippen molar-refractivity contribution in [2.75, 3.05) is 11.8 Å². The monoisotopic (exact) mass is 452 g/mol. The Labute approximate surface area is 189 Å². The molecule has 0 bridgehead atoms. The SMILES string of the molecule is CC[C@@H](NC(=O)c1ccc(C)c(NS(=O)(=O)c2ccccc2)c1)c1ccc(OC)c(C)c1. The first-order chi connectivity index (χ1) is 15.2. The summed E-state index contributed by atoms with van der Waals surface area (Å²) in [7, 11) is -2.13. The van der Waals surface area contributed by atoms with E-state index in [4.69, 9.17) is 4.74 Å². The van der Waals surface area contributed by atoms with Gasteiger partial charge in [-0.15, -0.1) is 0 Å². The number of benzene rings is 3. The number of carbonyl (C=O) groups excluding carboxylic acids is 1. The van der Waals surface area contributed by atoms with E-state index in [1.54, 1.807) is 50.4 Å². The molecular formula is C25H28N2O4S. The Hall–Kier alpha value is -3.32. The average Bonchev–Trinajstić information content (AvgIpc) is 2.79. The smallest absolute Gasteiger partial charge is 0.261 e. The fraction of sp³-hybridized carbons (Fsp3) is 0.240. The number of sulfonamides is 1. The second-order valence-electron chi connectivity index (χ2n) is 7.61. The summed E-state index contributed by atoms with van der Waals surface area (Å²) in [5.74, 6) is 0.522. The standard InChI is InChI=1S/C25H28N2O4S/c1-5-22(19-13-14-24(31-4)18(3)15-19)26-25(28)20-12-11-17(2)23(16-20)27-32(29,30)21-9-7-6-8-10-21/h6-16,22,27H,5H2,1-4H3,(H,26,28)/t22-/m1/s1. The van der Waals surface area contributed by atoms with Crippen LogP contribution in [0.4, 0.5) is 5.69 Å². The van der Waals surface area contributed by atoms with Crippen LogP contribution in [0.25, 0.3) is 0 Å². The van der Waals surface area contributed by atoms with Crippen molar-refractivity contribution in [1.29, 1.82) is 0 Å². The largest absolute Gasteiger partial charge is 0.496 e. The molecule has 0 aliphatic heterocycles. The summed E-state index contributed by atoms with van der Waals surface area (Å²) >= 11 is 0. The van der Waals surface area contributed by atoms with Crippen LogP contribution in [0, 0.1) is 13.8 Å². The minimum absolute atomic E-state index is 0.162. The Morgan fingerprint density at radius 3 is 2.31 bits per heavy atom. The molecule has 0 aromatic heterocycles. The second kappa shape index (κ2) is 9.87. The van der Waals surface area contributed by atoms with Crippen LogP contribution in [0.2, 0.25) is 0 Å². The molecule has 3 aromatic carbocycles. The second-order valence-corrected chi connectivity index (χ2v) is 9.29. The zero-order valence-corrected chi connectivity index (χ0v) is 19.5. The Morgan fingerprint density at radius 2 is 1.69 bits per heavy atom. The van der Waals surface area contributed by atoms with Crippen LogP contribution in [0.1, 0.15) is 46.4 Å². The minimum Gasteiger partial charge on any atom is -0.496 e. The predicted octanol–water partition coefficient (Wildman–Crippen LogP) is 4.99. The van der Waals surface area contributed by atoms with Crippen LogP contribution >= 0.6 is 0 Å². The third kappa shape index (κ3) is 5.29. The molecule has 0 fully saturated rings. The quantitative estimate of drug-likeness (QED) is 0.504. The third-order valence-electron chi connectivity index (χ3n) is 5.33. The summed E-state index contributed by atoms with van der Waals surface area (Å²) in [6, 6.07) is 18.8. The van der Waals surface area contributed by atoms with Gasteiger partial charge in [-0.25, -0.2) is 8.42 Å². The van der Waals surface area contributed by atoms with Gasteiger partial charge in [-0.1, -0.05) is 43.3 Å². The molecule has 1 amide bonds. The normalized spacial score (nSPS) is 12.1. The maximum absolute atomic E-state index is 13.0. The lowest BCUT2D eigenvalue weighted by Gasteiger charge is -2.19. The van der Waals surface area contributed by atoms with Gasteiger partial charge in [0, 0.05) is 5.56 Å². The van der Waals surface area contributed by atoms with Crippen LogP contribution in [-0.4, -0.2) is 21.4 Å². The highest BCUT2D eigenvalue weighted by molar-refractivity contribution is 7.92. The molecule has 0 heterocycles. The van der Waals surface area contributed by atoms with Crippen molar-refractivity contribution >= 4 is 21.6 Å². The molecule has 3 rings (SSSR count). The summed E-state index contributed by atoms with van der Waals surface area (Å²) in [5.41, 5.74) is 3.45. The molecule has 6 nitrogen and oxygen atoms in total. The first-order valence-electron chi connectivity index (χ1n) is 10.4. The van der Waals surface area contributed by atoms with Crippen molar-refractivity contribution in [1.82, 2.24) is 5.32 Å². The number of anilines is 1. The Kier molecular flexibility index (Phi) is 7.20. The van der Waals surface area contributed by atoms with E-state index in [9.17, 15) is 13.2 Å². The Bertz CT molecular complexity index is 1210. The first kappa shape index (κ1) is 23.3. The lowest BCUT2D eigenvalue weighted by Crippen LogP contribution is -2.28. The van der Waals surface area contributed by atoms with Gasteiger partial charge in [0.2, 0.25) is 0 Å². The fourth-order valence-electron chi connectivity index (χ4n) is 3.46. The first-order valence-corrected chi connectivity index (χ1v) is 11.9. The number of amides is 1. The molecule has 0 spiro atoms. The summed E-state index contributed by atoms with van der Waals surface area (Å²) in [6.45, 7) is 5.75. The number of nitrogens with one attached hydrogen (secondary N) is 2. The van der Waals surface area contributed by atoms with Crippen LogP contribution in [-0.2, 0) is 10.0 Å². The molecular weight excluding hydrogens is 424 g/mol. The Balaban J connectivity index is 1.82. The van der Waals surface area contributed by atoms with Gasteiger partial charge in [0.15, 0.2) is 0 Å². The van der Waals surface area contributed by atoms with Crippen LogP contribution in [0.3, 0.4) is 0 Å². The lowest BCUT2D eigenvalue weighted by molar-refractivity contribution is 0.0935. The molecule has 7 heteroatoms. The van der Waals surface area contributed by atoms with Gasteiger partial charge in [0.1, 0.15) is 5.75 Å².